The average molecular weight is 326 g/mol. The zero-order valence-electron chi connectivity index (χ0n) is 13.6. The number of Topliss-reactive ketones (excluding diaryl/α,β-unsaturated/α-hetero) is 1. The summed E-state index contributed by atoms with van der Waals surface area (Å²) in [7, 11) is 0. The van der Waals surface area contributed by atoms with Gasteiger partial charge in [-0.3, -0.25) is 9.59 Å². The van der Waals surface area contributed by atoms with Gasteiger partial charge in [0.25, 0.3) is 0 Å². The predicted octanol–water partition coefficient (Wildman–Crippen LogP) is 4.27. The molecule has 0 radical (unpaired) electrons. The molecule has 0 saturated heterocycles. The van der Waals surface area contributed by atoms with Gasteiger partial charge in [0, 0.05) is 11.5 Å². The van der Waals surface area contributed by atoms with Crippen LogP contribution in [0.15, 0.2) is 18.2 Å². The van der Waals surface area contributed by atoms with Crippen LogP contribution in [0.1, 0.15) is 50.9 Å². The number of carbonyl (C=O) groups excluding carboxylic acids is 2. The number of hydrogen-bond acceptors (Lipinski definition) is 3. The van der Waals surface area contributed by atoms with E-state index in [-0.39, 0.29) is 17.6 Å². The lowest BCUT2D eigenvalue weighted by Crippen LogP contribution is -2.22. The van der Waals surface area contributed by atoms with Crippen LogP contribution in [-0.2, 0) is 4.79 Å². The van der Waals surface area contributed by atoms with Gasteiger partial charge < -0.3 is 10.1 Å². The fourth-order valence-corrected chi connectivity index (χ4v) is 2.30. The van der Waals surface area contributed by atoms with Crippen molar-refractivity contribution in [3.05, 3.63) is 23.8 Å². The number of anilines is 1. The molecule has 0 saturated carbocycles. The quantitative estimate of drug-likeness (QED) is 0.573. The topological polar surface area (TPSA) is 55.4 Å². The zero-order chi connectivity index (χ0) is 16.7. The molecule has 1 N–H and O–H groups in total. The molecule has 0 bridgehead atoms. The van der Waals surface area contributed by atoms with Crippen molar-refractivity contribution in [2.75, 3.05) is 11.9 Å². The number of nitrogens with one attached hydrogen (secondary N) is 1. The number of benzene rings is 1. The first kappa shape index (κ1) is 18.5. The fourth-order valence-electron chi connectivity index (χ4n) is 2.18. The van der Waals surface area contributed by atoms with Gasteiger partial charge in [-0.2, -0.15) is 0 Å². The molecule has 122 valence electrons. The van der Waals surface area contributed by atoms with Crippen molar-refractivity contribution in [2.45, 2.75) is 45.9 Å². The van der Waals surface area contributed by atoms with E-state index in [4.69, 9.17) is 16.3 Å². The maximum Gasteiger partial charge on any atom is 0.227 e. The van der Waals surface area contributed by atoms with Gasteiger partial charge >= 0.3 is 0 Å². The van der Waals surface area contributed by atoms with Gasteiger partial charge in [-0.05, 0) is 44.9 Å². The Hall–Kier alpha value is -1.55. The van der Waals surface area contributed by atoms with Crippen LogP contribution in [0.4, 0.5) is 5.69 Å². The fraction of sp³-hybridized carbons (Fsp3) is 0.529. The highest BCUT2D eigenvalue weighted by molar-refractivity contribution is 6.33. The minimum absolute atomic E-state index is 0.0290. The van der Waals surface area contributed by atoms with E-state index in [1.807, 2.05) is 20.8 Å². The number of halogens is 1. The molecule has 1 atom stereocenters. The van der Waals surface area contributed by atoms with Gasteiger partial charge in [-0.15, -0.1) is 11.6 Å². The summed E-state index contributed by atoms with van der Waals surface area (Å²) in [6.07, 6.45) is 1.57. The molecule has 0 heterocycles. The highest BCUT2D eigenvalue weighted by Crippen LogP contribution is 2.28. The lowest BCUT2D eigenvalue weighted by molar-refractivity contribution is -0.120. The van der Waals surface area contributed by atoms with Gasteiger partial charge in [0.2, 0.25) is 5.91 Å². The predicted molar refractivity (Wildman–Crippen MR) is 90.0 cm³/mol. The Kier molecular flexibility index (Phi) is 7.39. The van der Waals surface area contributed by atoms with Crippen molar-refractivity contribution in [2.24, 2.45) is 5.92 Å². The van der Waals surface area contributed by atoms with Crippen molar-refractivity contribution >= 4 is 29.0 Å². The Morgan fingerprint density at radius 3 is 2.36 bits per heavy atom. The summed E-state index contributed by atoms with van der Waals surface area (Å²) in [6.45, 7) is 7.90. The van der Waals surface area contributed by atoms with Gasteiger partial charge in [-0.25, -0.2) is 0 Å². The average Bonchev–Trinajstić information content (AvgIpc) is 2.49. The number of hydrogen-bond donors (Lipinski definition) is 1. The summed E-state index contributed by atoms with van der Waals surface area (Å²) >= 11 is 5.84. The SMILES string of the molecule is CCOc1cc(C(=O)C(C)Cl)ccc1NC(=O)C(CC)CC. The normalized spacial score (nSPS) is 12.1. The number of carbonyl (C=O) groups is 2. The molecule has 1 unspecified atom stereocenters. The van der Waals surface area contributed by atoms with Gasteiger partial charge in [0.05, 0.1) is 17.7 Å². The first-order chi connectivity index (χ1) is 10.4. The van der Waals surface area contributed by atoms with Crippen LogP contribution < -0.4 is 10.1 Å². The Labute approximate surface area is 137 Å². The van der Waals surface area contributed by atoms with Crippen LogP contribution in [0.25, 0.3) is 0 Å². The molecule has 0 aliphatic rings. The van der Waals surface area contributed by atoms with E-state index in [2.05, 4.69) is 5.32 Å². The van der Waals surface area contributed by atoms with Crippen molar-refractivity contribution in [3.8, 4) is 5.75 Å². The van der Waals surface area contributed by atoms with Crippen LogP contribution >= 0.6 is 11.6 Å². The van der Waals surface area contributed by atoms with E-state index in [9.17, 15) is 9.59 Å². The molecule has 5 heteroatoms. The maximum atomic E-state index is 12.2. The monoisotopic (exact) mass is 325 g/mol. The highest BCUT2D eigenvalue weighted by Gasteiger charge is 2.18. The molecule has 0 fully saturated rings. The van der Waals surface area contributed by atoms with Crippen molar-refractivity contribution < 1.29 is 14.3 Å². The van der Waals surface area contributed by atoms with Gasteiger partial charge in [0.1, 0.15) is 5.75 Å². The second-order valence-corrected chi connectivity index (χ2v) is 5.78. The molecule has 0 spiro atoms. The lowest BCUT2D eigenvalue weighted by atomic mass is 10.0. The van der Waals surface area contributed by atoms with Crippen molar-refractivity contribution in [1.82, 2.24) is 0 Å². The van der Waals surface area contributed by atoms with Crippen LogP contribution in [0, 0.1) is 5.92 Å². The van der Waals surface area contributed by atoms with Crippen molar-refractivity contribution in [1.29, 1.82) is 0 Å². The minimum Gasteiger partial charge on any atom is -0.492 e. The molecule has 0 aliphatic heterocycles. The molecule has 1 amide bonds. The smallest absolute Gasteiger partial charge is 0.227 e. The van der Waals surface area contributed by atoms with Crippen LogP contribution in [0.3, 0.4) is 0 Å². The standard InChI is InChI=1S/C17H24ClNO3/c1-5-12(6-2)17(21)19-14-9-8-13(16(20)11(4)18)10-15(14)22-7-3/h8-12H,5-7H2,1-4H3,(H,19,21). The van der Waals surface area contributed by atoms with E-state index in [0.717, 1.165) is 12.8 Å². The summed E-state index contributed by atoms with van der Waals surface area (Å²) in [6, 6.07) is 4.98. The van der Waals surface area contributed by atoms with E-state index in [0.29, 0.717) is 23.6 Å². The van der Waals surface area contributed by atoms with Crippen LogP contribution in [0.2, 0.25) is 0 Å². The summed E-state index contributed by atoms with van der Waals surface area (Å²) in [5.74, 6) is 0.264. The largest absolute Gasteiger partial charge is 0.492 e. The third-order valence-corrected chi connectivity index (χ3v) is 3.74. The van der Waals surface area contributed by atoms with E-state index >= 15 is 0 Å². The first-order valence-electron chi connectivity index (χ1n) is 7.70. The Morgan fingerprint density at radius 2 is 1.86 bits per heavy atom. The molecular weight excluding hydrogens is 302 g/mol. The van der Waals surface area contributed by atoms with Crippen molar-refractivity contribution in [3.63, 3.8) is 0 Å². The molecule has 0 aromatic heterocycles. The van der Waals surface area contributed by atoms with Gasteiger partial charge in [-0.1, -0.05) is 13.8 Å². The number of ketones is 1. The molecule has 22 heavy (non-hydrogen) atoms. The molecule has 1 aromatic rings. The molecular formula is C17H24ClNO3. The van der Waals surface area contributed by atoms with E-state index in [1.165, 1.54) is 0 Å². The zero-order valence-corrected chi connectivity index (χ0v) is 14.4. The highest BCUT2D eigenvalue weighted by atomic mass is 35.5. The maximum absolute atomic E-state index is 12.2. The summed E-state index contributed by atoms with van der Waals surface area (Å²) in [4.78, 5) is 24.2. The number of amides is 1. The Bertz CT molecular complexity index is 525. The van der Waals surface area contributed by atoms with E-state index < -0.39 is 5.38 Å². The Balaban J connectivity index is 3.04. The molecule has 4 nitrogen and oxygen atoms in total. The third kappa shape index (κ3) is 4.73. The summed E-state index contributed by atoms with van der Waals surface area (Å²) < 4.78 is 5.55. The van der Waals surface area contributed by atoms with E-state index in [1.54, 1.807) is 25.1 Å². The molecule has 1 rings (SSSR count). The summed E-state index contributed by atoms with van der Waals surface area (Å²) in [5.41, 5.74) is 1.06. The van der Waals surface area contributed by atoms with Gasteiger partial charge in [0.15, 0.2) is 5.78 Å². The molecule has 0 aliphatic carbocycles. The lowest BCUT2D eigenvalue weighted by Gasteiger charge is -2.16. The summed E-state index contributed by atoms with van der Waals surface area (Å²) in [5, 5.41) is 2.29. The molecule has 1 aromatic carbocycles. The number of alkyl halides is 1. The number of ether oxygens (including phenoxy) is 1. The number of rotatable bonds is 8. The first-order valence-corrected chi connectivity index (χ1v) is 8.14. The van der Waals surface area contributed by atoms with Crippen LogP contribution in [0.5, 0.6) is 5.75 Å². The Morgan fingerprint density at radius 1 is 1.23 bits per heavy atom. The minimum atomic E-state index is -0.598. The second kappa shape index (κ2) is 8.79. The third-order valence-electron chi connectivity index (χ3n) is 3.54. The van der Waals surface area contributed by atoms with Crippen LogP contribution in [-0.4, -0.2) is 23.7 Å². The second-order valence-electron chi connectivity index (χ2n) is 5.13.